The van der Waals surface area contributed by atoms with Crippen LogP contribution in [0.25, 0.3) is 0 Å². The van der Waals surface area contributed by atoms with Crippen molar-refractivity contribution >= 4 is 37.1 Å². The van der Waals surface area contributed by atoms with Crippen molar-refractivity contribution in [3.63, 3.8) is 0 Å². The van der Waals surface area contributed by atoms with E-state index in [1.54, 1.807) is 11.4 Å². The molecule has 3 N–H and O–H groups in total. The first kappa shape index (κ1) is 15.8. The Kier molecular flexibility index (Phi) is 4.23. The standard InChI is InChI=1S/C11H12N2O5S3/c1-18-9-5-4-8(7-10(9)20(12,14)15)13-21(16,17)11-3-2-6-19-11/h2-7,13H,1H3,(H2,12,14,15). The second-order valence-corrected chi connectivity index (χ2v) is 8.34. The van der Waals surface area contributed by atoms with Crippen molar-refractivity contribution in [3.8, 4) is 5.75 Å². The smallest absolute Gasteiger partial charge is 0.271 e. The average molecular weight is 348 g/mol. The van der Waals surface area contributed by atoms with Crippen molar-refractivity contribution in [1.82, 2.24) is 0 Å². The summed E-state index contributed by atoms with van der Waals surface area (Å²) < 4.78 is 54.4. The molecule has 2 aromatic rings. The van der Waals surface area contributed by atoms with Gasteiger partial charge in [-0.2, -0.15) is 0 Å². The van der Waals surface area contributed by atoms with Gasteiger partial charge in [0.25, 0.3) is 10.0 Å². The predicted molar refractivity (Wildman–Crippen MR) is 79.5 cm³/mol. The van der Waals surface area contributed by atoms with E-state index in [4.69, 9.17) is 9.88 Å². The number of nitrogens with two attached hydrogens (primary N) is 1. The molecule has 0 aliphatic rings. The monoisotopic (exact) mass is 348 g/mol. The van der Waals surface area contributed by atoms with Crippen molar-refractivity contribution < 1.29 is 21.6 Å². The molecular weight excluding hydrogens is 336 g/mol. The molecule has 2 rings (SSSR count). The summed E-state index contributed by atoms with van der Waals surface area (Å²) in [4.78, 5) is -0.295. The molecule has 0 saturated heterocycles. The molecule has 7 nitrogen and oxygen atoms in total. The lowest BCUT2D eigenvalue weighted by Crippen LogP contribution is -2.15. The summed E-state index contributed by atoms with van der Waals surface area (Å²) >= 11 is 1.05. The molecule has 21 heavy (non-hydrogen) atoms. The van der Waals surface area contributed by atoms with Gasteiger partial charge in [-0.3, -0.25) is 4.72 Å². The minimum absolute atomic E-state index is 0.0385. The van der Waals surface area contributed by atoms with Crippen LogP contribution in [0.2, 0.25) is 0 Å². The number of ether oxygens (including phenoxy) is 1. The molecule has 0 atom stereocenters. The lowest BCUT2D eigenvalue weighted by molar-refractivity contribution is 0.403. The summed E-state index contributed by atoms with van der Waals surface area (Å²) in [7, 11) is -6.50. The normalized spacial score (nSPS) is 12.1. The number of nitrogens with one attached hydrogen (secondary N) is 1. The van der Waals surface area contributed by atoms with Crippen LogP contribution in [0.4, 0.5) is 5.69 Å². The third-order valence-electron chi connectivity index (χ3n) is 2.48. The Labute approximate surface area is 126 Å². The molecule has 0 amide bonds. The Bertz CT molecular complexity index is 842. The quantitative estimate of drug-likeness (QED) is 0.842. The van der Waals surface area contributed by atoms with E-state index in [2.05, 4.69) is 4.72 Å². The van der Waals surface area contributed by atoms with Crippen LogP contribution in [-0.2, 0) is 20.0 Å². The number of primary sulfonamides is 1. The van der Waals surface area contributed by atoms with E-state index in [0.29, 0.717) is 0 Å². The van der Waals surface area contributed by atoms with Crippen LogP contribution in [0.15, 0.2) is 44.8 Å². The Morgan fingerprint density at radius 3 is 2.43 bits per heavy atom. The molecule has 0 bridgehead atoms. The van der Waals surface area contributed by atoms with E-state index >= 15 is 0 Å². The second kappa shape index (κ2) is 5.64. The first-order valence-electron chi connectivity index (χ1n) is 5.51. The molecule has 0 spiro atoms. The highest BCUT2D eigenvalue weighted by atomic mass is 32.2. The van der Waals surface area contributed by atoms with Gasteiger partial charge in [-0.05, 0) is 29.6 Å². The van der Waals surface area contributed by atoms with Gasteiger partial charge in [0.15, 0.2) is 0 Å². The Morgan fingerprint density at radius 2 is 1.90 bits per heavy atom. The minimum Gasteiger partial charge on any atom is -0.495 e. The van der Waals surface area contributed by atoms with Crippen LogP contribution in [0.1, 0.15) is 0 Å². The number of thiophene rings is 1. The number of hydrogen-bond donors (Lipinski definition) is 2. The lowest BCUT2D eigenvalue weighted by atomic mass is 10.3. The molecule has 0 fully saturated rings. The van der Waals surface area contributed by atoms with E-state index in [0.717, 1.165) is 17.4 Å². The topological polar surface area (TPSA) is 116 Å². The second-order valence-electron chi connectivity index (χ2n) is 3.95. The van der Waals surface area contributed by atoms with Gasteiger partial charge in [0.2, 0.25) is 10.0 Å². The molecule has 1 aromatic heterocycles. The maximum absolute atomic E-state index is 12.1. The van der Waals surface area contributed by atoms with Gasteiger partial charge in [0.05, 0.1) is 12.8 Å². The maximum Gasteiger partial charge on any atom is 0.271 e. The number of sulfonamides is 2. The molecular formula is C11H12N2O5S3. The van der Waals surface area contributed by atoms with E-state index in [1.165, 1.54) is 25.3 Å². The molecule has 0 aliphatic carbocycles. The summed E-state index contributed by atoms with van der Waals surface area (Å²) in [5.74, 6) is 0.0385. The summed E-state index contributed by atoms with van der Waals surface area (Å²) in [6.45, 7) is 0. The van der Waals surface area contributed by atoms with Crippen molar-refractivity contribution in [3.05, 3.63) is 35.7 Å². The largest absolute Gasteiger partial charge is 0.495 e. The fraction of sp³-hybridized carbons (Fsp3) is 0.0909. The third kappa shape index (κ3) is 3.53. The van der Waals surface area contributed by atoms with Gasteiger partial charge >= 0.3 is 0 Å². The van der Waals surface area contributed by atoms with E-state index in [9.17, 15) is 16.8 Å². The number of benzene rings is 1. The predicted octanol–water partition coefficient (Wildman–Crippen LogP) is 1.20. The zero-order chi connectivity index (χ0) is 15.7. The van der Waals surface area contributed by atoms with Gasteiger partial charge < -0.3 is 4.74 Å². The number of anilines is 1. The van der Waals surface area contributed by atoms with E-state index in [-0.39, 0.29) is 20.5 Å². The maximum atomic E-state index is 12.1. The van der Waals surface area contributed by atoms with Crippen LogP contribution in [-0.4, -0.2) is 23.9 Å². The minimum atomic E-state index is -4.03. The van der Waals surface area contributed by atoms with Crippen LogP contribution in [0.3, 0.4) is 0 Å². The highest BCUT2D eigenvalue weighted by Crippen LogP contribution is 2.28. The fourth-order valence-electron chi connectivity index (χ4n) is 1.58. The first-order valence-corrected chi connectivity index (χ1v) is 9.42. The zero-order valence-electron chi connectivity index (χ0n) is 10.8. The summed E-state index contributed by atoms with van der Waals surface area (Å²) in [6, 6.07) is 6.87. The van der Waals surface area contributed by atoms with Crippen molar-refractivity contribution in [2.75, 3.05) is 11.8 Å². The molecule has 1 aromatic carbocycles. The van der Waals surface area contributed by atoms with Gasteiger partial charge in [0.1, 0.15) is 14.9 Å². The van der Waals surface area contributed by atoms with Crippen LogP contribution in [0, 0.1) is 0 Å². The average Bonchev–Trinajstić information content (AvgIpc) is 2.92. The van der Waals surface area contributed by atoms with E-state index < -0.39 is 20.0 Å². The first-order chi connectivity index (χ1) is 9.74. The summed E-state index contributed by atoms with van der Waals surface area (Å²) in [5.41, 5.74) is 0.0771. The highest BCUT2D eigenvalue weighted by Gasteiger charge is 2.19. The van der Waals surface area contributed by atoms with Gasteiger partial charge in [-0.15, -0.1) is 11.3 Å². The van der Waals surface area contributed by atoms with Crippen LogP contribution >= 0.6 is 11.3 Å². The van der Waals surface area contributed by atoms with Gasteiger partial charge in [-0.1, -0.05) is 6.07 Å². The van der Waals surface area contributed by atoms with E-state index in [1.807, 2.05) is 0 Å². The molecule has 0 radical (unpaired) electrons. The molecule has 1 heterocycles. The third-order valence-corrected chi connectivity index (χ3v) is 6.19. The molecule has 0 unspecified atom stereocenters. The molecule has 10 heteroatoms. The number of rotatable bonds is 5. The summed E-state index contributed by atoms with van der Waals surface area (Å²) in [6.07, 6.45) is 0. The Balaban J connectivity index is 2.43. The summed E-state index contributed by atoms with van der Waals surface area (Å²) in [5, 5.41) is 6.70. The highest BCUT2D eigenvalue weighted by molar-refractivity contribution is 7.94. The molecule has 0 saturated carbocycles. The lowest BCUT2D eigenvalue weighted by Gasteiger charge is -2.10. The number of methoxy groups -OCH3 is 1. The molecule has 114 valence electrons. The van der Waals surface area contributed by atoms with Crippen molar-refractivity contribution in [2.45, 2.75) is 9.10 Å². The molecule has 0 aliphatic heterocycles. The van der Waals surface area contributed by atoms with Gasteiger partial charge in [0, 0.05) is 0 Å². The van der Waals surface area contributed by atoms with Crippen molar-refractivity contribution in [2.24, 2.45) is 5.14 Å². The Morgan fingerprint density at radius 1 is 1.19 bits per heavy atom. The number of hydrogen-bond acceptors (Lipinski definition) is 6. The SMILES string of the molecule is COc1ccc(NS(=O)(=O)c2cccs2)cc1S(N)(=O)=O. The fourth-order valence-corrected chi connectivity index (χ4v) is 4.35. The van der Waals surface area contributed by atoms with Gasteiger partial charge in [-0.25, -0.2) is 22.0 Å². The van der Waals surface area contributed by atoms with Crippen LogP contribution < -0.4 is 14.6 Å². The van der Waals surface area contributed by atoms with Crippen LogP contribution in [0.5, 0.6) is 5.75 Å². The Hall–Kier alpha value is -1.62. The zero-order valence-corrected chi connectivity index (χ0v) is 13.3. The van der Waals surface area contributed by atoms with Crippen molar-refractivity contribution in [1.29, 1.82) is 0 Å².